The van der Waals surface area contributed by atoms with Gasteiger partial charge in [0, 0.05) is 31.5 Å². The van der Waals surface area contributed by atoms with Gasteiger partial charge < -0.3 is 4.90 Å². The summed E-state index contributed by atoms with van der Waals surface area (Å²) in [6.45, 7) is 10.5. The van der Waals surface area contributed by atoms with E-state index in [0.29, 0.717) is 43.6 Å². The van der Waals surface area contributed by atoms with Gasteiger partial charge in [-0.05, 0) is 73.9 Å². The highest BCUT2D eigenvalue weighted by Crippen LogP contribution is 2.46. The van der Waals surface area contributed by atoms with Gasteiger partial charge in [-0.15, -0.1) is 17.3 Å². The summed E-state index contributed by atoms with van der Waals surface area (Å²) in [6, 6.07) is 3.93. The Morgan fingerprint density at radius 1 is 1.18 bits per heavy atom. The van der Waals surface area contributed by atoms with E-state index in [0.717, 1.165) is 27.3 Å². The van der Waals surface area contributed by atoms with Crippen LogP contribution in [0.3, 0.4) is 0 Å². The number of Topliss-reactive ketones (excluding diaryl/α,β-unsaturated/α-hetero) is 2. The van der Waals surface area contributed by atoms with E-state index < -0.39 is 5.92 Å². The molecule has 0 bridgehead atoms. The van der Waals surface area contributed by atoms with Crippen molar-refractivity contribution in [3.8, 4) is 11.8 Å². The zero-order valence-corrected chi connectivity index (χ0v) is 20.2. The van der Waals surface area contributed by atoms with Crippen LogP contribution in [0, 0.1) is 31.1 Å². The second-order valence-electron chi connectivity index (χ2n) is 9.18. The molecule has 1 aromatic carbocycles. The molecular formula is C27H28N2O3S. The van der Waals surface area contributed by atoms with Crippen molar-refractivity contribution in [2.75, 3.05) is 13.1 Å². The molecule has 1 aromatic heterocycles. The van der Waals surface area contributed by atoms with Crippen LogP contribution in [0.1, 0.15) is 75.5 Å². The van der Waals surface area contributed by atoms with Crippen molar-refractivity contribution in [2.24, 2.45) is 5.41 Å². The molecule has 1 amide bonds. The molecule has 170 valence electrons. The summed E-state index contributed by atoms with van der Waals surface area (Å²) >= 11 is 1.33. The quantitative estimate of drug-likeness (QED) is 0.491. The first kappa shape index (κ1) is 23.1. The third-order valence-corrected chi connectivity index (χ3v) is 7.90. The molecule has 1 spiro atoms. The molecule has 0 N–H and O–H groups in total. The highest BCUT2D eigenvalue weighted by Gasteiger charge is 2.47. The molecule has 0 atom stereocenters. The molecule has 2 aliphatic rings. The second kappa shape index (κ2) is 9.07. The van der Waals surface area contributed by atoms with Gasteiger partial charge in [-0.1, -0.05) is 12.5 Å². The largest absolute Gasteiger partial charge is 0.338 e. The molecule has 1 aliphatic heterocycles. The molecule has 2 aromatic rings. The fourth-order valence-corrected chi connectivity index (χ4v) is 6.06. The van der Waals surface area contributed by atoms with Crippen LogP contribution in [-0.2, 0) is 9.59 Å². The average molecular weight is 461 g/mol. The van der Waals surface area contributed by atoms with Crippen LogP contribution in [0.5, 0.6) is 0 Å². The molecule has 4 rings (SSSR count). The smallest absolute Gasteiger partial charge is 0.265 e. The van der Waals surface area contributed by atoms with Gasteiger partial charge in [0.05, 0.1) is 6.20 Å². The first-order valence-corrected chi connectivity index (χ1v) is 12.1. The molecule has 1 aliphatic carbocycles. The van der Waals surface area contributed by atoms with Crippen molar-refractivity contribution in [1.82, 2.24) is 9.88 Å². The van der Waals surface area contributed by atoms with Gasteiger partial charge in [0.25, 0.3) is 5.91 Å². The lowest BCUT2D eigenvalue weighted by atomic mass is 9.62. The fourth-order valence-electron chi connectivity index (χ4n) is 5.33. The van der Waals surface area contributed by atoms with Crippen molar-refractivity contribution in [2.45, 2.75) is 52.4 Å². The number of aromatic nitrogens is 1. The van der Waals surface area contributed by atoms with E-state index in [1.807, 2.05) is 30.9 Å². The lowest BCUT2D eigenvalue weighted by Gasteiger charge is -2.44. The van der Waals surface area contributed by atoms with Gasteiger partial charge in [-0.2, -0.15) is 0 Å². The van der Waals surface area contributed by atoms with Gasteiger partial charge in [-0.25, -0.2) is 4.98 Å². The van der Waals surface area contributed by atoms with Crippen LogP contribution in [-0.4, -0.2) is 40.4 Å². The van der Waals surface area contributed by atoms with Gasteiger partial charge >= 0.3 is 0 Å². The normalized spacial score (nSPS) is 18.2. The zero-order chi connectivity index (χ0) is 23.8. The number of benzene rings is 1. The van der Waals surface area contributed by atoms with Crippen molar-refractivity contribution < 1.29 is 14.4 Å². The summed E-state index contributed by atoms with van der Waals surface area (Å²) in [5, 5.41) is 0.724. The van der Waals surface area contributed by atoms with E-state index in [4.69, 9.17) is 0 Å². The number of thiazole rings is 1. The molecular weight excluding hydrogens is 432 g/mol. The number of hydrogen-bond donors (Lipinski definition) is 0. The maximum absolute atomic E-state index is 13.3. The van der Waals surface area contributed by atoms with E-state index in [-0.39, 0.29) is 22.9 Å². The first-order valence-electron chi connectivity index (χ1n) is 11.2. The van der Waals surface area contributed by atoms with Crippen LogP contribution in [0.2, 0.25) is 0 Å². The zero-order valence-electron chi connectivity index (χ0n) is 19.4. The van der Waals surface area contributed by atoms with Crippen LogP contribution in [0.25, 0.3) is 6.08 Å². The highest BCUT2D eigenvalue weighted by atomic mass is 32.1. The predicted molar refractivity (Wildman–Crippen MR) is 130 cm³/mol. The number of nitrogens with zero attached hydrogens (tertiary/aromatic N) is 2. The molecule has 2 heterocycles. The van der Waals surface area contributed by atoms with Crippen LogP contribution >= 0.6 is 11.3 Å². The first-order chi connectivity index (χ1) is 15.8. The molecule has 1 saturated heterocycles. The minimum atomic E-state index is -0.687. The SMILES string of the molecule is C=Cc1ncc(C(=O)N2CCC3(CC2)CC(=O)C(c2c(C)cc(C#CC)cc2C)C(=O)C3)s1. The lowest BCUT2D eigenvalue weighted by Crippen LogP contribution is -2.48. The fraction of sp³-hybridized carbons (Fsp3) is 0.407. The molecule has 33 heavy (non-hydrogen) atoms. The van der Waals surface area contributed by atoms with Gasteiger partial charge in [0.2, 0.25) is 0 Å². The minimum absolute atomic E-state index is 0.00429. The monoisotopic (exact) mass is 460 g/mol. The Bertz CT molecular complexity index is 1160. The molecule has 0 radical (unpaired) electrons. The molecule has 2 fully saturated rings. The number of carbonyl (C=O) groups excluding carboxylic acids is 3. The number of aryl methyl sites for hydroxylation is 2. The third kappa shape index (κ3) is 4.43. The minimum Gasteiger partial charge on any atom is -0.338 e. The summed E-state index contributed by atoms with van der Waals surface area (Å²) in [7, 11) is 0. The predicted octanol–water partition coefficient (Wildman–Crippen LogP) is 4.71. The van der Waals surface area contributed by atoms with E-state index in [2.05, 4.69) is 23.4 Å². The van der Waals surface area contributed by atoms with Gasteiger partial charge in [0.15, 0.2) is 0 Å². The highest BCUT2D eigenvalue weighted by molar-refractivity contribution is 7.14. The van der Waals surface area contributed by atoms with E-state index >= 15 is 0 Å². The van der Waals surface area contributed by atoms with E-state index in [9.17, 15) is 14.4 Å². The standard InChI is InChI=1S/C27H28N2O3S/c1-5-7-19-12-17(3)24(18(4)13-19)25-20(30)14-27(15-21(25)31)8-10-29(11-9-27)26(32)22-16-28-23(6-2)33-22/h6,12-13,16,25H,2,8-11,14-15H2,1,3-4H3. The van der Waals surface area contributed by atoms with Crippen molar-refractivity contribution >= 4 is 34.9 Å². The summed E-state index contributed by atoms with van der Waals surface area (Å²) in [5.74, 6) is 5.24. The van der Waals surface area contributed by atoms with Crippen LogP contribution in [0.4, 0.5) is 0 Å². The number of hydrogen-bond acceptors (Lipinski definition) is 5. The van der Waals surface area contributed by atoms with E-state index in [1.165, 1.54) is 11.3 Å². The molecule has 1 saturated carbocycles. The van der Waals surface area contributed by atoms with Crippen LogP contribution < -0.4 is 0 Å². The third-order valence-electron chi connectivity index (χ3n) is 6.91. The lowest BCUT2D eigenvalue weighted by molar-refractivity contribution is -0.138. The Morgan fingerprint density at radius 2 is 1.79 bits per heavy atom. The van der Waals surface area contributed by atoms with Crippen molar-refractivity contribution in [3.63, 3.8) is 0 Å². The average Bonchev–Trinajstić information content (AvgIpc) is 3.25. The number of carbonyl (C=O) groups is 3. The number of rotatable bonds is 3. The Balaban J connectivity index is 1.48. The molecule has 6 heteroatoms. The summed E-state index contributed by atoms with van der Waals surface area (Å²) in [6.07, 6.45) is 5.34. The van der Waals surface area contributed by atoms with Crippen LogP contribution in [0.15, 0.2) is 24.9 Å². The Labute approximate surface area is 198 Å². The summed E-state index contributed by atoms with van der Waals surface area (Å²) in [4.78, 5) is 46.1. The maximum Gasteiger partial charge on any atom is 0.265 e. The Hall–Kier alpha value is -3.04. The summed E-state index contributed by atoms with van der Waals surface area (Å²) < 4.78 is 0. The van der Waals surface area contributed by atoms with Crippen molar-refractivity contribution in [3.05, 3.63) is 57.0 Å². The second-order valence-corrected chi connectivity index (χ2v) is 10.2. The molecule has 0 unspecified atom stereocenters. The van der Waals surface area contributed by atoms with Gasteiger partial charge in [-0.3, -0.25) is 14.4 Å². The number of amides is 1. The van der Waals surface area contributed by atoms with E-state index in [1.54, 1.807) is 19.2 Å². The Kier molecular flexibility index (Phi) is 6.36. The van der Waals surface area contributed by atoms with Crippen molar-refractivity contribution in [1.29, 1.82) is 0 Å². The topological polar surface area (TPSA) is 67.3 Å². The number of likely N-dealkylation sites (tertiary alicyclic amines) is 1. The Morgan fingerprint density at radius 3 is 2.30 bits per heavy atom. The van der Waals surface area contributed by atoms with Gasteiger partial charge in [0.1, 0.15) is 27.4 Å². The number of ketones is 2. The maximum atomic E-state index is 13.3. The number of piperidine rings is 1. The molecule has 5 nitrogen and oxygen atoms in total. The summed E-state index contributed by atoms with van der Waals surface area (Å²) in [5.41, 5.74) is 3.30.